The van der Waals surface area contributed by atoms with E-state index in [0.717, 1.165) is 34.0 Å². The van der Waals surface area contributed by atoms with Gasteiger partial charge in [0.2, 0.25) is 0 Å². The maximum atomic E-state index is 6.18. The van der Waals surface area contributed by atoms with Crippen molar-refractivity contribution in [3.05, 3.63) is 59.8 Å². The number of methoxy groups -OCH3 is 1. The van der Waals surface area contributed by atoms with Gasteiger partial charge in [0.15, 0.2) is 11.5 Å². The van der Waals surface area contributed by atoms with Crippen LogP contribution in [0.25, 0.3) is 10.9 Å². The van der Waals surface area contributed by atoms with Crippen molar-refractivity contribution in [2.45, 2.75) is 6.54 Å². The van der Waals surface area contributed by atoms with Crippen LogP contribution in [0.5, 0.6) is 11.5 Å². The molecule has 0 amide bonds. The standard InChI is InChI=1S/C17H16ClNO2/c1-20-16-7-2-3-8-17(16)21-12-11-19-10-9-13-14(18)5-4-6-15(13)19/h2-10H,11-12H2,1H3. The summed E-state index contributed by atoms with van der Waals surface area (Å²) in [5.74, 6) is 1.51. The van der Waals surface area contributed by atoms with E-state index in [-0.39, 0.29) is 0 Å². The number of fused-ring (bicyclic) bond motifs is 1. The molecule has 21 heavy (non-hydrogen) atoms. The highest BCUT2D eigenvalue weighted by Gasteiger charge is 2.05. The van der Waals surface area contributed by atoms with E-state index in [1.807, 2.05) is 48.7 Å². The van der Waals surface area contributed by atoms with Crippen molar-refractivity contribution in [1.82, 2.24) is 4.57 Å². The van der Waals surface area contributed by atoms with Crippen molar-refractivity contribution in [2.75, 3.05) is 13.7 Å². The summed E-state index contributed by atoms with van der Waals surface area (Å²) in [6.07, 6.45) is 2.03. The van der Waals surface area contributed by atoms with Crippen molar-refractivity contribution in [3.8, 4) is 11.5 Å². The highest BCUT2D eigenvalue weighted by Crippen LogP contribution is 2.26. The molecule has 0 spiro atoms. The molecule has 0 N–H and O–H groups in total. The largest absolute Gasteiger partial charge is 0.493 e. The summed E-state index contributed by atoms with van der Waals surface area (Å²) in [4.78, 5) is 0. The quantitative estimate of drug-likeness (QED) is 0.698. The molecule has 0 atom stereocenters. The topological polar surface area (TPSA) is 23.4 Å². The summed E-state index contributed by atoms with van der Waals surface area (Å²) in [6, 6.07) is 15.6. The molecular formula is C17H16ClNO2. The van der Waals surface area contributed by atoms with Gasteiger partial charge in [0.25, 0.3) is 0 Å². The molecule has 0 aliphatic rings. The lowest BCUT2D eigenvalue weighted by Crippen LogP contribution is -2.07. The second-order valence-electron chi connectivity index (χ2n) is 4.68. The second-order valence-corrected chi connectivity index (χ2v) is 5.09. The Labute approximate surface area is 128 Å². The third kappa shape index (κ3) is 2.83. The van der Waals surface area contributed by atoms with Crippen LogP contribution in [-0.2, 0) is 6.54 Å². The lowest BCUT2D eigenvalue weighted by molar-refractivity contribution is 0.281. The molecular weight excluding hydrogens is 286 g/mol. The number of nitrogens with zero attached hydrogens (tertiary/aromatic N) is 1. The molecule has 0 radical (unpaired) electrons. The van der Waals surface area contributed by atoms with Crippen LogP contribution < -0.4 is 9.47 Å². The minimum Gasteiger partial charge on any atom is -0.493 e. The highest BCUT2D eigenvalue weighted by atomic mass is 35.5. The maximum absolute atomic E-state index is 6.18. The molecule has 1 heterocycles. The Balaban J connectivity index is 1.71. The zero-order valence-corrected chi connectivity index (χ0v) is 12.5. The van der Waals surface area contributed by atoms with E-state index >= 15 is 0 Å². The van der Waals surface area contributed by atoms with Gasteiger partial charge >= 0.3 is 0 Å². The second kappa shape index (κ2) is 6.10. The molecule has 1 aromatic heterocycles. The van der Waals surface area contributed by atoms with Gasteiger partial charge in [-0.3, -0.25) is 0 Å². The Morgan fingerprint density at radius 3 is 2.62 bits per heavy atom. The molecule has 4 heteroatoms. The van der Waals surface area contributed by atoms with Crippen molar-refractivity contribution < 1.29 is 9.47 Å². The fraction of sp³-hybridized carbons (Fsp3) is 0.176. The number of para-hydroxylation sites is 2. The Hall–Kier alpha value is -2.13. The van der Waals surface area contributed by atoms with Crippen LogP contribution in [0.15, 0.2) is 54.7 Å². The van der Waals surface area contributed by atoms with Gasteiger partial charge in [0.05, 0.1) is 13.7 Å². The first-order valence-corrected chi connectivity index (χ1v) is 7.16. The summed E-state index contributed by atoms with van der Waals surface area (Å²) in [5, 5.41) is 1.84. The van der Waals surface area contributed by atoms with Gasteiger partial charge in [-0.15, -0.1) is 0 Å². The van der Waals surface area contributed by atoms with Crippen molar-refractivity contribution in [2.24, 2.45) is 0 Å². The first-order valence-electron chi connectivity index (χ1n) is 6.79. The molecule has 0 saturated carbocycles. The third-order valence-corrected chi connectivity index (χ3v) is 3.75. The van der Waals surface area contributed by atoms with Gasteiger partial charge in [-0.05, 0) is 30.3 Å². The molecule has 3 aromatic rings. The molecule has 3 rings (SSSR count). The Bertz CT molecular complexity index is 751. The average molecular weight is 302 g/mol. The molecule has 0 saturated heterocycles. The fourth-order valence-corrected chi connectivity index (χ4v) is 2.61. The Kier molecular flexibility index (Phi) is 4.02. The normalized spacial score (nSPS) is 10.8. The zero-order valence-electron chi connectivity index (χ0n) is 11.8. The van der Waals surface area contributed by atoms with E-state index in [4.69, 9.17) is 21.1 Å². The van der Waals surface area contributed by atoms with Gasteiger partial charge in [-0.2, -0.15) is 0 Å². The van der Waals surface area contributed by atoms with Crippen molar-refractivity contribution in [1.29, 1.82) is 0 Å². The van der Waals surface area contributed by atoms with E-state index in [1.165, 1.54) is 0 Å². The first-order chi connectivity index (χ1) is 10.3. The number of ether oxygens (including phenoxy) is 2. The minimum absolute atomic E-state index is 0.566. The molecule has 0 unspecified atom stereocenters. The predicted octanol–water partition coefficient (Wildman–Crippen LogP) is 4.38. The number of hydrogen-bond acceptors (Lipinski definition) is 2. The maximum Gasteiger partial charge on any atom is 0.161 e. The predicted molar refractivity (Wildman–Crippen MR) is 85.4 cm³/mol. The molecule has 0 bridgehead atoms. The number of aromatic nitrogens is 1. The van der Waals surface area contributed by atoms with E-state index in [0.29, 0.717) is 6.61 Å². The lowest BCUT2D eigenvalue weighted by Gasteiger charge is -2.11. The van der Waals surface area contributed by atoms with E-state index < -0.39 is 0 Å². The van der Waals surface area contributed by atoms with Crippen molar-refractivity contribution >= 4 is 22.5 Å². The van der Waals surface area contributed by atoms with E-state index in [2.05, 4.69) is 10.6 Å². The first kappa shape index (κ1) is 13.8. The Morgan fingerprint density at radius 1 is 1.00 bits per heavy atom. The molecule has 108 valence electrons. The van der Waals surface area contributed by atoms with Crippen LogP contribution in [0.3, 0.4) is 0 Å². The van der Waals surface area contributed by atoms with Crippen LogP contribution in [0.1, 0.15) is 0 Å². The third-order valence-electron chi connectivity index (χ3n) is 3.42. The number of benzene rings is 2. The van der Waals surface area contributed by atoms with E-state index in [9.17, 15) is 0 Å². The molecule has 0 aliphatic heterocycles. The average Bonchev–Trinajstić information content (AvgIpc) is 2.93. The smallest absolute Gasteiger partial charge is 0.161 e. The van der Waals surface area contributed by atoms with Crippen molar-refractivity contribution in [3.63, 3.8) is 0 Å². The van der Waals surface area contributed by atoms with Crippen LogP contribution in [-0.4, -0.2) is 18.3 Å². The van der Waals surface area contributed by atoms with Crippen LogP contribution in [0.4, 0.5) is 0 Å². The van der Waals surface area contributed by atoms with Gasteiger partial charge in [0.1, 0.15) is 6.61 Å². The van der Waals surface area contributed by atoms with Crippen LogP contribution in [0, 0.1) is 0 Å². The molecule has 3 nitrogen and oxygen atoms in total. The minimum atomic E-state index is 0.566. The van der Waals surface area contributed by atoms with Gasteiger partial charge in [0, 0.05) is 22.1 Å². The fourth-order valence-electron chi connectivity index (χ4n) is 2.37. The lowest BCUT2D eigenvalue weighted by atomic mass is 10.2. The van der Waals surface area contributed by atoms with Crippen LogP contribution >= 0.6 is 11.6 Å². The SMILES string of the molecule is COc1ccccc1OCCn1ccc2c(Cl)cccc21. The number of hydrogen-bond donors (Lipinski definition) is 0. The van der Waals surface area contributed by atoms with Gasteiger partial charge in [-0.25, -0.2) is 0 Å². The highest BCUT2D eigenvalue weighted by molar-refractivity contribution is 6.35. The monoisotopic (exact) mass is 301 g/mol. The summed E-state index contributed by atoms with van der Waals surface area (Å²) >= 11 is 6.18. The van der Waals surface area contributed by atoms with Gasteiger partial charge < -0.3 is 14.0 Å². The summed E-state index contributed by atoms with van der Waals surface area (Å²) in [6.45, 7) is 1.32. The number of rotatable bonds is 5. The zero-order chi connectivity index (χ0) is 14.7. The van der Waals surface area contributed by atoms with E-state index in [1.54, 1.807) is 7.11 Å². The van der Waals surface area contributed by atoms with Gasteiger partial charge in [-0.1, -0.05) is 29.8 Å². The molecule has 0 aliphatic carbocycles. The Morgan fingerprint density at radius 2 is 1.81 bits per heavy atom. The number of halogens is 1. The summed E-state index contributed by atoms with van der Waals surface area (Å²) in [5.41, 5.74) is 1.12. The molecule has 0 fully saturated rings. The summed E-state index contributed by atoms with van der Waals surface area (Å²) in [7, 11) is 1.64. The summed E-state index contributed by atoms with van der Waals surface area (Å²) < 4.78 is 13.2. The molecule has 2 aromatic carbocycles. The van der Waals surface area contributed by atoms with Crippen LogP contribution in [0.2, 0.25) is 5.02 Å².